The van der Waals surface area contributed by atoms with Crippen LogP contribution in [0.3, 0.4) is 0 Å². The number of rotatable bonds is 5. The molecule has 0 radical (unpaired) electrons. The molecule has 0 saturated heterocycles. The highest BCUT2D eigenvalue weighted by molar-refractivity contribution is 5.18. The predicted molar refractivity (Wildman–Crippen MR) is 78.5 cm³/mol. The highest BCUT2D eigenvalue weighted by Gasteiger charge is 2.33. The summed E-state index contributed by atoms with van der Waals surface area (Å²) < 4.78 is 13.0. The molecule has 2 rings (SSSR count). The Bertz CT molecular complexity index is 377. The van der Waals surface area contributed by atoms with Crippen molar-refractivity contribution in [1.82, 2.24) is 0 Å². The lowest BCUT2D eigenvalue weighted by molar-refractivity contribution is 0.151. The second kappa shape index (κ2) is 6.51. The summed E-state index contributed by atoms with van der Waals surface area (Å²) in [4.78, 5) is 0. The molecule has 1 aliphatic rings. The van der Waals surface area contributed by atoms with Crippen LogP contribution >= 0.6 is 0 Å². The van der Waals surface area contributed by atoms with Crippen molar-refractivity contribution in [3.05, 3.63) is 35.6 Å². The van der Waals surface area contributed by atoms with Gasteiger partial charge in [0.2, 0.25) is 0 Å². The first-order valence-electron chi connectivity index (χ1n) is 7.62. The average Bonchev–Trinajstić information content (AvgIpc) is 2.44. The van der Waals surface area contributed by atoms with Crippen LogP contribution in [0, 0.1) is 17.2 Å². The lowest BCUT2D eigenvalue weighted by Gasteiger charge is -2.39. The van der Waals surface area contributed by atoms with Gasteiger partial charge >= 0.3 is 0 Å². The molecule has 0 unspecified atom stereocenters. The van der Waals surface area contributed by atoms with E-state index in [2.05, 4.69) is 6.92 Å². The summed E-state index contributed by atoms with van der Waals surface area (Å²) in [6.07, 6.45) is 8.73. The third-order valence-corrected chi connectivity index (χ3v) is 4.79. The average molecular weight is 263 g/mol. The van der Waals surface area contributed by atoms with E-state index < -0.39 is 0 Å². The van der Waals surface area contributed by atoms with Crippen LogP contribution in [0.2, 0.25) is 0 Å². The molecule has 0 aliphatic heterocycles. The number of nitrogens with two attached hydrogens (primary N) is 1. The van der Waals surface area contributed by atoms with Crippen molar-refractivity contribution < 1.29 is 4.39 Å². The molecule has 1 saturated carbocycles. The smallest absolute Gasteiger partial charge is 0.123 e. The Morgan fingerprint density at radius 3 is 2.37 bits per heavy atom. The van der Waals surface area contributed by atoms with E-state index in [-0.39, 0.29) is 11.2 Å². The van der Waals surface area contributed by atoms with Crippen LogP contribution in [0.15, 0.2) is 24.3 Å². The van der Waals surface area contributed by atoms with Crippen LogP contribution in [0.1, 0.15) is 51.0 Å². The van der Waals surface area contributed by atoms with Crippen molar-refractivity contribution in [2.75, 3.05) is 6.54 Å². The van der Waals surface area contributed by atoms with Gasteiger partial charge in [-0.2, -0.15) is 0 Å². The fourth-order valence-corrected chi connectivity index (χ4v) is 3.48. The fourth-order valence-electron chi connectivity index (χ4n) is 3.48. The monoisotopic (exact) mass is 263 g/mol. The predicted octanol–water partition coefficient (Wildman–Crippen LogP) is 4.30. The first-order chi connectivity index (χ1) is 9.17. The van der Waals surface area contributed by atoms with E-state index in [0.717, 1.165) is 18.9 Å². The van der Waals surface area contributed by atoms with Gasteiger partial charge in [0.1, 0.15) is 5.82 Å². The highest BCUT2D eigenvalue weighted by atomic mass is 19.1. The maximum absolute atomic E-state index is 13.0. The molecule has 1 aromatic rings. The SMILES string of the molecule is CCCC1CCC(CN)(Cc2ccc(F)cc2)CC1. The Morgan fingerprint density at radius 1 is 1.21 bits per heavy atom. The highest BCUT2D eigenvalue weighted by Crippen LogP contribution is 2.42. The molecule has 0 aromatic heterocycles. The van der Waals surface area contributed by atoms with Crippen molar-refractivity contribution in [2.24, 2.45) is 17.1 Å². The molecule has 1 aromatic carbocycles. The molecule has 106 valence electrons. The molecule has 0 heterocycles. The third-order valence-electron chi connectivity index (χ3n) is 4.79. The standard InChI is InChI=1S/C17H26FN/c1-2-3-14-8-10-17(13-19,11-9-14)12-15-4-6-16(18)7-5-15/h4-7,14H,2-3,8-13,19H2,1H3. The number of hydrogen-bond acceptors (Lipinski definition) is 1. The summed E-state index contributed by atoms with van der Waals surface area (Å²) in [5.41, 5.74) is 7.54. The third kappa shape index (κ3) is 3.79. The minimum Gasteiger partial charge on any atom is -0.330 e. The quantitative estimate of drug-likeness (QED) is 0.842. The zero-order valence-electron chi connectivity index (χ0n) is 12.0. The second-order valence-electron chi connectivity index (χ2n) is 6.24. The summed E-state index contributed by atoms with van der Waals surface area (Å²) in [7, 11) is 0. The molecule has 19 heavy (non-hydrogen) atoms. The molecule has 1 aliphatic carbocycles. The Kier molecular flexibility index (Phi) is 4.98. The topological polar surface area (TPSA) is 26.0 Å². The molecule has 0 amide bonds. The molecular formula is C17H26FN. The van der Waals surface area contributed by atoms with Crippen molar-refractivity contribution in [2.45, 2.75) is 51.9 Å². The Morgan fingerprint density at radius 2 is 1.84 bits per heavy atom. The van der Waals surface area contributed by atoms with Crippen molar-refractivity contribution in [1.29, 1.82) is 0 Å². The first kappa shape index (κ1) is 14.5. The van der Waals surface area contributed by atoms with E-state index in [1.54, 1.807) is 12.1 Å². The van der Waals surface area contributed by atoms with Gasteiger partial charge in [-0.15, -0.1) is 0 Å². The van der Waals surface area contributed by atoms with Crippen LogP contribution in [0.25, 0.3) is 0 Å². The van der Waals surface area contributed by atoms with E-state index in [9.17, 15) is 4.39 Å². The van der Waals surface area contributed by atoms with E-state index >= 15 is 0 Å². The lowest BCUT2D eigenvalue weighted by atomic mass is 9.67. The molecule has 0 atom stereocenters. The summed E-state index contributed by atoms with van der Waals surface area (Å²) in [5, 5.41) is 0. The van der Waals surface area contributed by atoms with Gasteiger partial charge in [0.05, 0.1) is 0 Å². The molecule has 1 fully saturated rings. The lowest BCUT2D eigenvalue weighted by Crippen LogP contribution is -2.36. The van der Waals surface area contributed by atoms with E-state index in [1.165, 1.54) is 44.1 Å². The zero-order chi connectivity index (χ0) is 13.7. The van der Waals surface area contributed by atoms with Gasteiger partial charge in [0, 0.05) is 0 Å². The number of halogens is 1. The minimum absolute atomic E-state index is 0.155. The summed E-state index contributed by atoms with van der Waals surface area (Å²) >= 11 is 0. The van der Waals surface area contributed by atoms with Crippen LogP contribution in [0.4, 0.5) is 4.39 Å². The van der Waals surface area contributed by atoms with Crippen molar-refractivity contribution >= 4 is 0 Å². The van der Waals surface area contributed by atoms with E-state index in [1.807, 2.05) is 12.1 Å². The van der Waals surface area contributed by atoms with E-state index in [0.29, 0.717) is 0 Å². The van der Waals surface area contributed by atoms with Gasteiger partial charge in [-0.25, -0.2) is 4.39 Å². The van der Waals surface area contributed by atoms with Gasteiger partial charge in [0.25, 0.3) is 0 Å². The van der Waals surface area contributed by atoms with Crippen molar-refractivity contribution in [3.8, 4) is 0 Å². The molecule has 0 bridgehead atoms. The van der Waals surface area contributed by atoms with Gasteiger partial charge in [-0.3, -0.25) is 0 Å². The molecule has 2 N–H and O–H groups in total. The minimum atomic E-state index is -0.155. The van der Waals surface area contributed by atoms with Gasteiger partial charge in [0.15, 0.2) is 0 Å². The second-order valence-corrected chi connectivity index (χ2v) is 6.24. The van der Waals surface area contributed by atoms with E-state index in [4.69, 9.17) is 5.73 Å². The summed E-state index contributed by atoms with van der Waals surface area (Å²) in [6.45, 7) is 3.02. The maximum atomic E-state index is 13.0. The largest absolute Gasteiger partial charge is 0.330 e. The Hall–Kier alpha value is -0.890. The molecule has 2 heteroatoms. The normalized spacial score (nSPS) is 27.4. The molecule has 1 nitrogen and oxygen atoms in total. The van der Waals surface area contributed by atoms with Crippen molar-refractivity contribution in [3.63, 3.8) is 0 Å². The van der Waals surface area contributed by atoms with Gasteiger partial charge in [-0.1, -0.05) is 31.9 Å². The number of hydrogen-bond donors (Lipinski definition) is 1. The number of benzene rings is 1. The maximum Gasteiger partial charge on any atom is 0.123 e. The summed E-state index contributed by atoms with van der Waals surface area (Å²) in [5.74, 6) is 0.745. The molecular weight excluding hydrogens is 237 g/mol. The molecule has 0 spiro atoms. The van der Waals surface area contributed by atoms with Crippen LogP contribution in [-0.2, 0) is 6.42 Å². The van der Waals surface area contributed by atoms with Gasteiger partial charge < -0.3 is 5.73 Å². The van der Waals surface area contributed by atoms with Crippen LogP contribution in [0.5, 0.6) is 0 Å². The van der Waals surface area contributed by atoms with Gasteiger partial charge in [-0.05, 0) is 67.7 Å². The fraction of sp³-hybridized carbons (Fsp3) is 0.647. The Labute approximate surface area is 116 Å². The van der Waals surface area contributed by atoms with Crippen LogP contribution < -0.4 is 5.73 Å². The zero-order valence-corrected chi connectivity index (χ0v) is 12.0. The van der Waals surface area contributed by atoms with Crippen LogP contribution in [-0.4, -0.2) is 6.54 Å². The summed E-state index contributed by atoms with van der Waals surface area (Å²) in [6, 6.07) is 6.93. The Balaban J connectivity index is 1.98. The first-order valence-corrected chi connectivity index (χ1v) is 7.62.